The summed E-state index contributed by atoms with van der Waals surface area (Å²) in [6, 6.07) is 4.44. The van der Waals surface area contributed by atoms with E-state index in [-0.39, 0.29) is 17.3 Å². The molecule has 0 unspecified atom stereocenters. The zero-order chi connectivity index (χ0) is 14.7. The van der Waals surface area contributed by atoms with Crippen LogP contribution in [0.1, 0.15) is 5.56 Å². The van der Waals surface area contributed by atoms with Crippen LogP contribution in [0.5, 0.6) is 0 Å². The highest BCUT2D eigenvalue weighted by molar-refractivity contribution is 5.74. The SMILES string of the molecule is CNc1ncnc(Nc2cccc(F)c2C)c1[N+](=O)[O-]. The lowest BCUT2D eigenvalue weighted by atomic mass is 10.2. The van der Waals surface area contributed by atoms with Crippen molar-refractivity contribution in [3.05, 3.63) is 46.0 Å². The molecule has 1 aromatic heterocycles. The Kier molecular flexibility index (Phi) is 3.74. The van der Waals surface area contributed by atoms with Crippen molar-refractivity contribution in [2.75, 3.05) is 17.7 Å². The lowest BCUT2D eigenvalue weighted by Crippen LogP contribution is -2.06. The lowest BCUT2D eigenvalue weighted by molar-refractivity contribution is -0.383. The Balaban J connectivity index is 2.48. The van der Waals surface area contributed by atoms with Crippen molar-refractivity contribution in [2.45, 2.75) is 6.92 Å². The second-order valence-electron chi connectivity index (χ2n) is 3.96. The van der Waals surface area contributed by atoms with Crippen molar-refractivity contribution in [1.29, 1.82) is 0 Å². The fraction of sp³-hybridized carbons (Fsp3) is 0.167. The van der Waals surface area contributed by atoms with Crippen molar-refractivity contribution in [2.24, 2.45) is 0 Å². The van der Waals surface area contributed by atoms with Gasteiger partial charge in [-0.2, -0.15) is 0 Å². The molecule has 0 aliphatic heterocycles. The zero-order valence-corrected chi connectivity index (χ0v) is 10.8. The van der Waals surface area contributed by atoms with Crippen LogP contribution in [-0.4, -0.2) is 21.9 Å². The molecule has 1 heterocycles. The Morgan fingerprint density at radius 3 is 2.65 bits per heavy atom. The van der Waals surface area contributed by atoms with Gasteiger partial charge in [0.25, 0.3) is 0 Å². The van der Waals surface area contributed by atoms with Gasteiger partial charge in [0.05, 0.1) is 4.92 Å². The molecule has 2 aromatic rings. The maximum atomic E-state index is 13.5. The molecule has 0 amide bonds. The molecule has 8 heteroatoms. The largest absolute Gasteiger partial charge is 0.367 e. The lowest BCUT2D eigenvalue weighted by Gasteiger charge is -2.10. The van der Waals surface area contributed by atoms with Crippen molar-refractivity contribution < 1.29 is 9.31 Å². The number of hydrogen-bond donors (Lipinski definition) is 2. The number of nitrogens with one attached hydrogen (secondary N) is 2. The minimum Gasteiger partial charge on any atom is -0.367 e. The van der Waals surface area contributed by atoms with E-state index in [1.54, 1.807) is 13.0 Å². The average molecular weight is 277 g/mol. The van der Waals surface area contributed by atoms with Crippen LogP contribution in [-0.2, 0) is 0 Å². The Bertz CT molecular complexity index is 662. The molecule has 0 radical (unpaired) electrons. The van der Waals surface area contributed by atoms with Crippen LogP contribution in [0.2, 0.25) is 0 Å². The number of nitro groups is 1. The highest BCUT2D eigenvalue weighted by Crippen LogP contribution is 2.31. The van der Waals surface area contributed by atoms with Crippen molar-refractivity contribution in [3.8, 4) is 0 Å². The zero-order valence-electron chi connectivity index (χ0n) is 10.8. The molecule has 0 fully saturated rings. The fourth-order valence-corrected chi connectivity index (χ4v) is 1.70. The van der Waals surface area contributed by atoms with E-state index < -0.39 is 10.7 Å². The molecule has 0 bridgehead atoms. The van der Waals surface area contributed by atoms with Crippen LogP contribution in [0, 0.1) is 22.9 Å². The van der Waals surface area contributed by atoms with Crippen LogP contribution in [0.25, 0.3) is 0 Å². The van der Waals surface area contributed by atoms with Gasteiger partial charge in [0, 0.05) is 18.3 Å². The molecule has 0 saturated carbocycles. The summed E-state index contributed by atoms with van der Waals surface area (Å²) in [6.07, 6.45) is 1.19. The smallest absolute Gasteiger partial charge is 0.353 e. The summed E-state index contributed by atoms with van der Waals surface area (Å²) in [5.74, 6) is -0.315. The third-order valence-corrected chi connectivity index (χ3v) is 2.76. The maximum absolute atomic E-state index is 13.5. The van der Waals surface area contributed by atoms with Gasteiger partial charge in [0.2, 0.25) is 11.6 Å². The molecule has 104 valence electrons. The van der Waals surface area contributed by atoms with E-state index in [0.29, 0.717) is 11.3 Å². The van der Waals surface area contributed by atoms with Crippen molar-refractivity contribution >= 4 is 23.0 Å². The van der Waals surface area contributed by atoms with Gasteiger partial charge in [-0.25, -0.2) is 14.4 Å². The monoisotopic (exact) mass is 277 g/mol. The standard InChI is InChI=1S/C12H12FN5O2/c1-7-8(13)4-3-5-9(7)17-12-10(18(19)20)11(14-2)15-6-16-12/h3-6H,1-2H3,(H2,14,15,16,17). The summed E-state index contributed by atoms with van der Waals surface area (Å²) < 4.78 is 13.5. The molecular weight excluding hydrogens is 265 g/mol. The summed E-state index contributed by atoms with van der Waals surface area (Å²) in [6.45, 7) is 1.57. The molecule has 2 rings (SSSR count). The second-order valence-corrected chi connectivity index (χ2v) is 3.96. The maximum Gasteiger partial charge on any atom is 0.353 e. The van der Waals surface area contributed by atoms with Gasteiger partial charge >= 0.3 is 5.69 Å². The van der Waals surface area contributed by atoms with Crippen LogP contribution < -0.4 is 10.6 Å². The summed E-state index contributed by atoms with van der Waals surface area (Å²) in [4.78, 5) is 18.2. The molecule has 2 N–H and O–H groups in total. The predicted molar refractivity (Wildman–Crippen MR) is 72.7 cm³/mol. The molecule has 7 nitrogen and oxygen atoms in total. The fourth-order valence-electron chi connectivity index (χ4n) is 1.70. The van der Waals surface area contributed by atoms with Gasteiger partial charge < -0.3 is 10.6 Å². The normalized spacial score (nSPS) is 10.2. The minimum absolute atomic E-state index is 0.00282. The number of benzene rings is 1. The molecular formula is C12H12FN5O2. The average Bonchev–Trinajstić information content (AvgIpc) is 2.43. The first-order valence-corrected chi connectivity index (χ1v) is 5.74. The first-order valence-electron chi connectivity index (χ1n) is 5.74. The molecule has 0 aliphatic rings. The van der Waals surface area contributed by atoms with Crippen LogP contribution in [0.4, 0.5) is 27.4 Å². The number of nitrogens with zero attached hydrogens (tertiary/aromatic N) is 3. The molecule has 0 atom stereocenters. The quantitative estimate of drug-likeness (QED) is 0.659. The van der Waals surface area contributed by atoms with Crippen LogP contribution in [0.3, 0.4) is 0 Å². The number of aromatic nitrogens is 2. The van der Waals surface area contributed by atoms with Crippen molar-refractivity contribution in [1.82, 2.24) is 9.97 Å². The van der Waals surface area contributed by atoms with Gasteiger partial charge in [-0.1, -0.05) is 6.07 Å². The summed E-state index contributed by atoms with van der Waals surface area (Å²) in [7, 11) is 1.52. The second kappa shape index (κ2) is 5.47. The van der Waals surface area contributed by atoms with Gasteiger partial charge in [0.1, 0.15) is 12.1 Å². The third-order valence-electron chi connectivity index (χ3n) is 2.76. The first kappa shape index (κ1) is 13.7. The number of halogens is 1. The van der Waals surface area contributed by atoms with Gasteiger partial charge in [0.15, 0.2) is 0 Å². The van der Waals surface area contributed by atoms with E-state index in [1.807, 2.05) is 0 Å². The Morgan fingerprint density at radius 1 is 1.30 bits per heavy atom. The van der Waals surface area contributed by atoms with Crippen molar-refractivity contribution in [3.63, 3.8) is 0 Å². The number of hydrogen-bond acceptors (Lipinski definition) is 6. The Labute approximate surface area is 114 Å². The Morgan fingerprint density at radius 2 is 2.00 bits per heavy atom. The predicted octanol–water partition coefficient (Wildman–Crippen LogP) is 2.62. The Hall–Kier alpha value is -2.77. The number of anilines is 3. The van der Waals surface area contributed by atoms with E-state index in [1.165, 1.54) is 25.5 Å². The topological polar surface area (TPSA) is 93.0 Å². The summed E-state index contributed by atoms with van der Waals surface area (Å²) in [5.41, 5.74) is 0.471. The van der Waals surface area contributed by atoms with E-state index >= 15 is 0 Å². The van der Waals surface area contributed by atoms with Crippen LogP contribution >= 0.6 is 0 Å². The molecule has 0 spiro atoms. The molecule has 1 aromatic carbocycles. The van der Waals surface area contributed by atoms with E-state index in [4.69, 9.17) is 0 Å². The molecule has 0 aliphatic carbocycles. The summed E-state index contributed by atoms with van der Waals surface area (Å²) in [5, 5.41) is 16.5. The van der Waals surface area contributed by atoms with Crippen LogP contribution in [0.15, 0.2) is 24.5 Å². The summed E-state index contributed by atoms with van der Waals surface area (Å²) >= 11 is 0. The van der Waals surface area contributed by atoms with E-state index in [9.17, 15) is 14.5 Å². The van der Waals surface area contributed by atoms with Gasteiger partial charge in [-0.3, -0.25) is 10.1 Å². The van der Waals surface area contributed by atoms with E-state index in [0.717, 1.165) is 0 Å². The highest BCUT2D eigenvalue weighted by atomic mass is 19.1. The first-order chi connectivity index (χ1) is 9.54. The minimum atomic E-state index is -0.594. The third kappa shape index (κ3) is 2.48. The highest BCUT2D eigenvalue weighted by Gasteiger charge is 2.22. The molecule has 0 saturated heterocycles. The van der Waals surface area contributed by atoms with Gasteiger partial charge in [-0.15, -0.1) is 0 Å². The molecule has 20 heavy (non-hydrogen) atoms. The van der Waals surface area contributed by atoms with E-state index in [2.05, 4.69) is 20.6 Å². The number of rotatable bonds is 4. The van der Waals surface area contributed by atoms with Gasteiger partial charge in [-0.05, 0) is 19.1 Å².